The van der Waals surface area contributed by atoms with Crippen LogP contribution in [0, 0.1) is 0 Å². The van der Waals surface area contributed by atoms with Crippen LogP contribution >= 0.6 is 0 Å². The van der Waals surface area contributed by atoms with E-state index < -0.39 is 18.1 Å². The van der Waals surface area contributed by atoms with Crippen LogP contribution in [0.4, 0.5) is 4.79 Å². The molecular weight excluding hydrogens is 198 g/mol. The van der Waals surface area contributed by atoms with Gasteiger partial charge in [-0.1, -0.05) is 30.3 Å². The largest absolute Gasteiger partial charge is 0.479 e. The van der Waals surface area contributed by atoms with E-state index in [9.17, 15) is 9.59 Å². The predicted molar refractivity (Wildman–Crippen MR) is 54.5 cm³/mol. The van der Waals surface area contributed by atoms with E-state index in [-0.39, 0.29) is 1.43 Å². The van der Waals surface area contributed by atoms with Gasteiger partial charge in [0.15, 0.2) is 6.04 Å². The highest BCUT2D eigenvalue weighted by atomic mass is 16.5. The summed E-state index contributed by atoms with van der Waals surface area (Å²) in [5.74, 6) is -1.13. The molecule has 5 nitrogen and oxygen atoms in total. The Morgan fingerprint density at radius 3 is 2.47 bits per heavy atom. The Morgan fingerprint density at radius 1 is 1.40 bits per heavy atom. The van der Waals surface area contributed by atoms with Gasteiger partial charge in [0, 0.05) is 1.43 Å². The van der Waals surface area contributed by atoms with Crippen LogP contribution in [-0.2, 0) is 9.53 Å². The number of carbonyl (C=O) groups is 2. The smallest absolute Gasteiger partial charge is 0.407 e. The molecule has 1 aromatic carbocycles. The van der Waals surface area contributed by atoms with Crippen LogP contribution in [0.5, 0.6) is 0 Å². The number of aliphatic carboxylic acids is 1. The molecule has 2 N–H and O–H groups in total. The number of alkyl carbamates (subject to hydrolysis) is 1. The molecule has 0 spiro atoms. The highest BCUT2D eigenvalue weighted by Crippen LogP contribution is 2.12. The van der Waals surface area contributed by atoms with Gasteiger partial charge in [-0.05, 0) is 5.56 Å². The van der Waals surface area contributed by atoms with Crippen molar-refractivity contribution in [2.45, 2.75) is 6.04 Å². The second-order valence-electron chi connectivity index (χ2n) is 2.82. The van der Waals surface area contributed by atoms with Crippen molar-refractivity contribution in [2.24, 2.45) is 0 Å². The zero-order chi connectivity index (χ0) is 11.3. The maximum absolute atomic E-state index is 10.9. The number of amides is 1. The topological polar surface area (TPSA) is 75.6 Å². The second-order valence-corrected chi connectivity index (χ2v) is 2.82. The van der Waals surface area contributed by atoms with Crippen LogP contribution < -0.4 is 5.32 Å². The normalized spacial score (nSPS) is 11.5. The van der Waals surface area contributed by atoms with Gasteiger partial charge in [0.05, 0.1) is 7.11 Å². The van der Waals surface area contributed by atoms with Gasteiger partial charge in [-0.15, -0.1) is 0 Å². The minimum Gasteiger partial charge on any atom is -0.479 e. The minimum atomic E-state index is -1.13. The summed E-state index contributed by atoms with van der Waals surface area (Å²) in [6, 6.07) is 7.32. The molecule has 0 aliphatic rings. The highest BCUT2D eigenvalue weighted by molar-refractivity contribution is 5.81. The van der Waals surface area contributed by atoms with Gasteiger partial charge in [-0.3, -0.25) is 0 Å². The van der Waals surface area contributed by atoms with E-state index in [2.05, 4.69) is 10.1 Å². The summed E-state index contributed by atoms with van der Waals surface area (Å²) in [7, 11) is 1.18. The molecular formula is C10H13NO4. The molecule has 0 saturated carbocycles. The van der Waals surface area contributed by atoms with Gasteiger partial charge >= 0.3 is 12.1 Å². The average Bonchev–Trinajstić information content (AvgIpc) is 2.26. The fourth-order valence-electron chi connectivity index (χ4n) is 1.11. The number of methoxy groups -OCH3 is 1. The summed E-state index contributed by atoms with van der Waals surface area (Å²) in [6.07, 6.45) is -0.772. The quantitative estimate of drug-likeness (QED) is 0.792. The third-order valence-electron chi connectivity index (χ3n) is 1.83. The maximum atomic E-state index is 10.9. The highest BCUT2D eigenvalue weighted by Gasteiger charge is 2.21. The van der Waals surface area contributed by atoms with Crippen LogP contribution in [0.25, 0.3) is 0 Å². The molecule has 5 heteroatoms. The first-order chi connectivity index (χ1) is 7.15. The summed E-state index contributed by atoms with van der Waals surface area (Å²) in [6.45, 7) is 0. The third kappa shape index (κ3) is 2.98. The van der Waals surface area contributed by atoms with Crippen LogP contribution in [0.3, 0.4) is 0 Å². The molecule has 15 heavy (non-hydrogen) atoms. The lowest BCUT2D eigenvalue weighted by molar-refractivity contribution is -0.139. The first-order valence-electron chi connectivity index (χ1n) is 4.27. The summed E-state index contributed by atoms with van der Waals surface area (Å²) in [4.78, 5) is 21.8. The lowest BCUT2D eigenvalue weighted by Crippen LogP contribution is -2.33. The zero-order valence-corrected chi connectivity index (χ0v) is 8.14. The van der Waals surface area contributed by atoms with Gasteiger partial charge in [0.25, 0.3) is 0 Å². The van der Waals surface area contributed by atoms with Crippen LogP contribution in [0.15, 0.2) is 30.3 Å². The molecule has 1 aromatic rings. The number of carbonyl (C=O) groups excluding carboxylic acids is 1. The molecule has 0 aromatic heterocycles. The summed E-state index contributed by atoms with van der Waals surface area (Å²) < 4.78 is 4.34. The molecule has 1 rings (SSSR count). The van der Waals surface area contributed by atoms with Crippen molar-refractivity contribution in [2.75, 3.05) is 7.11 Å². The number of rotatable bonds is 3. The monoisotopic (exact) mass is 211 g/mol. The van der Waals surface area contributed by atoms with E-state index in [1.54, 1.807) is 30.3 Å². The summed E-state index contributed by atoms with van der Waals surface area (Å²) in [5, 5.41) is 11.1. The fourth-order valence-corrected chi connectivity index (χ4v) is 1.11. The number of carboxylic acid groups (broad SMARTS) is 1. The van der Waals surface area contributed by atoms with Crippen molar-refractivity contribution < 1.29 is 20.9 Å². The molecule has 82 valence electrons. The van der Waals surface area contributed by atoms with E-state index in [1.807, 2.05) is 0 Å². The molecule has 0 heterocycles. The summed E-state index contributed by atoms with van der Waals surface area (Å²) in [5.41, 5.74) is 0.496. The molecule has 0 aliphatic heterocycles. The molecule has 0 radical (unpaired) electrons. The van der Waals surface area contributed by atoms with E-state index >= 15 is 0 Å². The SMILES string of the molecule is COC(=O)N[C@@H](C(=O)O)c1ccccc1.[HH]. The van der Waals surface area contributed by atoms with Crippen molar-refractivity contribution in [1.29, 1.82) is 0 Å². The molecule has 0 bridgehead atoms. The maximum Gasteiger partial charge on any atom is 0.407 e. The number of hydrogen-bond donors (Lipinski definition) is 2. The van der Waals surface area contributed by atoms with Crippen LogP contribution in [0.1, 0.15) is 13.0 Å². The Morgan fingerprint density at radius 2 is 2.00 bits per heavy atom. The first-order valence-corrected chi connectivity index (χ1v) is 4.27. The number of benzene rings is 1. The Hall–Kier alpha value is -2.04. The second kappa shape index (κ2) is 4.99. The molecule has 0 fully saturated rings. The Labute approximate surface area is 88.2 Å². The standard InChI is InChI=1S/C10H11NO4.H2/c1-15-10(14)11-8(9(12)13)7-5-3-2-4-6-7;/h2-6,8H,1H3,(H,11,14)(H,12,13);1H/t8-;/m1./s1. The number of nitrogens with one attached hydrogen (secondary N) is 1. The Balaban J connectivity index is 0.00000225. The van der Waals surface area contributed by atoms with Gasteiger partial charge < -0.3 is 15.2 Å². The van der Waals surface area contributed by atoms with Gasteiger partial charge in [0.2, 0.25) is 0 Å². The van der Waals surface area contributed by atoms with Crippen LogP contribution in [0.2, 0.25) is 0 Å². The number of carboxylic acids is 1. The molecule has 0 aliphatic carbocycles. The van der Waals surface area contributed by atoms with Crippen LogP contribution in [-0.4, -0.2) is 24.3 Å². The molecule has 1 atom stereocenters. The predicted octanol–water partition coefficient (Wildman–Crippen LogP) is 1.41. The number of ether oxygens (including phenoxy) is 1. The minimum absolute atomic E-state index is 0. The Kier molecular flexibility index (Phi) is 3.68. The fraction of sp³-hybridized carbons (Fsp3) is 0.200. The van der Waals surface area contributed by atoms with E-state index in [0.29, 0.717) is 5.56 Å². The van der Waals surface area contributed by atoms with Crippen molar-refractivity contribution in [3.63, 3.8) is 0 Å². The van der Waals surface area contributed by atoms with Crippen molar-refractivity contribution in [3.8, 4) is 0 Å². The van der Waals surface area contributed by atoms with E-state index in [0.717, 1.165) is 0 Å². The van der Waals surface area contributed by atoms with E-state index in [1.165, 1.54) is 7.11 Å². The summed E-state index contributed by atoms with van der Waals surface area (Å²) >= 11 is 0. The number of hydrogen-bond acceptors (Lipinski definition) is 3. The third-order valence-corrected chi connectivity index (χ3v) is 1.83. The average molecular weight is 211 g/mol. The zero-order valence-electron chi connectivity index (χ0n) is 8.14. The van der Waals surface area contributed by atoms with Gasteiger partial charge in [-0.25, -0.2) is 9.59 Å². The Bertz CT molecular complexity index is 355. The lowest BCUT2D eigenvalue weighted by Gasteiger charge is -2.13. The molecule has 0 unspecified atom stereocenters. The van der Waals surface area contributed by atoms with Gasteiger partial charge in [0.1, 0.15) is 0 Å². The van der Waals surface area contributed by atoms with E-state index in [4.69, 9.17) is 5.11 Å². The molecule has 0 saturated heterocycles. The first kappa shape index (κ1) is 11.0. The van der Waals surface area contributed by atoms with Crippen molar-refractivity contribution in [1.82, 2.24) is 5.32 Å². The van der Waals surface area contributed by atoms with Gasteiger partial charge in [-0.2, -0.15) is 0 Å². The van der Waals surface area contributed by atoms with Crippen molar-refractivity contribution >= 4 is 12.1 Å². The lowest BCUT2D eigenvalue weighted by atomic mass is 10.1. The van der Waals surface area contributed by atoms with Crippen molar-refractivity contribution in [3.05, 3.63) is 35.9 Å². The molecule has 1 amide bonds.